The van der Waals surface area contributed by atoms with Crippen molar-refractivity contribution in [1.82, 2.24) is 20.5 Å². The molecule has 5 nitrogen and oxygen atoms in total. The number of aromatic nitrogens is 3. The Labute approximate surface area is 167 Å². The summed E-state index contributed by atoms with van der Waals surface area (Å²) in [6.45, 7) is 2.00. The number of H-pyrrole nitrogens is 1. The number of fused-ring (bicyclic) bond motifs is 1. The first-order valence-corrected chi connectivity index (χ1v) is 10.0. The molecule has 0 bridgehead atoms. The largest absolute Gasteiger partial charge is 0.346 e. The second kappa shape index (κ2) is 8.27. The van der Waals surface area contributed by atoms with Crippen molar-refractivity contribution < 1.29 is 4.79 Å². The number of nitrogens with one attached hydrogen (secondary N) is 2. The van der Waals surface area contributed by atoms with Crippen LogP contribution in [0.3, 0.4) is 0 Å². The molecular weight excluding hydrogens is 368 g/mol. The molecule has 6 heteroatoms. The lowest BCUT2D eigenvalue weighted by atomic mass is 10.0. The average molecular weight is 388 g/mol. The van der Waals surface area contributed by atoms with Crippen LogP contribution in [0.2, 0.25) is 0 Å². The normalized spacial score (nSPS) is 12.0. The summed E-state index contributed by atoms with van der Waals surface area (Å²) in [6.07, 6.45) is 1.49. The van der Waals surface area contributed by atoms with Crippen LogP contribution in [0, 0.1) is 0 Å². The summed E-state index contributed by atoms with van der Waals surface area (Å²) in [6, 6.07) is 22.1. The van der Waals surface area contributed by atoms with Gasteiger partial charge in [-0.15, -0.1) is 0 Å². The van der Waals surface area contributed by atoms with Crippen molar-refractivity contribution in [3.05, 3.63) is 89.7 Å². The molecule has 140 valence electrons. The van der Waals surface area contributed by atoms with Gasteiger partial charge in [-0.3, -0.25) is 9.89 Å². The maximum Gasteiger partial charge on any atom is 0.251 e. The Bertz CT molecular complexity index is 1080. The van der Waals surface area contributed by atoms with Crippen molar-refractivity contribution >= 4 is 28.4 Å². The first kappa shape index (κ1) is 18.3. The van der Waals surface area contributed by atoms with Crippen molar-refractivity contribution in [2.45, 2.75) is 23.9 Å². The van der Waals surface area contributed by atoms with E-state index in [1.807, 2.05) is 43.3 Å². The first-order chi connectivity index (χ1) is 13.7. The summed E-state index contributed by atoms with van der Waals surface area (Å²) < 4.78 is 0. The van der Waals surface area contributed by atoms with Crippen molar-refractivity contribution in [1.29, 1.82) is 0 Å². The molecule has 0 aliphatic rings. The third kappa shape index (κ3) is 4.23. The van der Waals surface area contributed by atoms with Gasteiger partial charge in [-0.05, 0) is 47.0 Å². The molecule has 4 rings (SSSR count). The smallest absolute Gasteiger partial charge is 0.251 e. The van der Waals surface area contributed by atoms with Crippen molar-refractivity contribution in [2.75, 3.05) is 0 Å². The molecule has 1 unspecified atom stereocenters. The fraction of sp³-hybridized carbons (Fsp3) is 0.136. The third-order valence-corrected chi connectivity index (χ3v) is 5.55. The van der Waals surface area contributed by atoms with Crippen molar-refractivity contribution in [3.8, 4) is 0 Å². The van der Waals surface area contributed by atoms with E-state index in [4.69, 9.17) is 0 Å². The van der Waals surface area contributed by atoms with Gasteiger partial charge in [0.2, 0.25) is 0 Å². The molecule has 0 aliphatic carbocycles. The molecule has 1 atom stereocenters. The number of carbonyl (C=O) groups is 1. The minimum Gasteiger partial charge on any atom is -0.346 e. The summed E-state index contributed by atoms with van der Waals surface area (Å²) in [4.78, 5) is 16.7. The number of amides is 1. The van der Waals surface area contributed by atoms with E-state index in [2.05, 4.69) is 50.8 Å². The Morgan fingerprint density at radius 2 is 1.86 bits per heavy atom. The number of hydrogen-bond donors (Lipinski definition) is 2. The summed E-state index contributed by atoms with van der Waals surface area (Å²) in [7, 11) is 0. The van der Waals surface area contributed by atoms with Crippen LogP contribution in [0.1, 0.15) is 34.5 Å². The van der Waals surface area contributed by atoms with E-state index >= 15 is 0 Å². The summed E-state index contributed by atoms with van der Waals surface area (Å²) in [5.74, 6) is 0.694. The van der Waals surface area contributed by atoms with Gasteiger partial charge in [0, 0.05) is 11.3 Å². The van der Waals surface area contributed by atoms with Gasteiger partial charge in [0.05, 0.1) is 6.04 Å². The number of nitrogens with zero attached hydrogens (tertiary/aromatic N) is 2. The van der Waals surface area contributed by atoms with Crippen LogP contribution in [0.25, 0.3) is 10.8 Å². The monoisotopic (exact) mass is 388 g/mol. The Balaban J connectivity index is 1.39. The Morgan fingerprint density at radius 3 is 2.61 bits per heavy atom. The van der Waals surface area contributed by atoms with E-state index < -0.39 is 0 Å². The third-order valence-electron chi connectivity index (χ3n) is 4.61. The number of aromatic amines is 1. The van der Waals surface area contributed by atoms with Gasteiger partial charge in [0.15, 0.2) is 5.16 Å². The Kier molecular flexibility index (Phi) is 5.39. The second-order valence-electron chi connectivity index (χ2n) is 6.58. The number of hydrogen-bond acceptors (Lipinski definition) is 4. The SMILES string of the molecule is CC(NC(=O)c1ccc(CSc2ncn[nH]2)cc1)c1ccc2ccccc2c1. The molecule has 28 heavy (non-hydrogen) atoms. The van der Waals surface area contributed by atoms with Gasteiger partial charge in [-0.1, -0.05) is 60.3 Å². The predicted octanol–water partition coefficient (Wildman–Crippen LogP) is 4.74. The van der Waals surface area contributed by atoms with Crippen LogP contribution >= 0.6 is 11.8 Å². The predicted molar refractivity (Wildman–Crippen MR) is 112 cm³/mol. The lowest BCUT2D eigenvalue weighted by Gasteiger charge is -2.15. The number of thioether (sulfide) groups is 1. The second-order valence-corrected chi connectivity index (χ2v) is 7.54. The van der Waals surface area contributed by atoms with E-state index in [0.29, 0.717) is 5.56 Å². The lowest BCUT2D eigenvalue weighted by Crippen LogP contribution is -2.26. The molecule has 0 saturated heterocycles. The molecule has 4 aromatic rings. The zero-order valence-electron chi connectivity index (χ0n) is 15.4. The zero-order valence-corrected chi connectivity index (χ0v) is 16.2. The average Bonchev–Trinajstić information content (AvgIpc) is 3.26. The number of rotatable bonds is 6. The molecule has 0 aliphatic heterocycles. The van der Waals surface area contributed by atoms with E-state index in [1.54, 1.807) is 11.8 Å². The fourth-order valence-electron chi connectivity index (χ4n) is 3.01. The molecule has 3 aromatic carbocycles. The maximum atomic E-state index is 12.6. The number of benzene rings is 3. The summed E-state index contributed by atoms with van der Waals surface area (Å²) in [5.41, 5.74) is 2.87. The standard InChI is InChI=1S/C22H20N4OS/c1-15(19-11-10-17-4-2-3-5-20(17)12-19)25-21(27)18-8-6-16(7-9-18)13-28-22-23-14-24-26-22/h2-12,14-15H,13H2,1H3,(H,25,27)(H,23,24,26). The highest BCUT2D eigenvalue weighted by atomic mass is 32.2. The van der Waals surface area contributed by atoms with Crippen molar-refractivity contribution in [2.24, 2.45) is 0 Å². The van der Waals surface area contributed by atoms with Crippen LogP contribution < -0.4 is 5.32 Å². The Hall–Kier alpha value is -3.12. The molecule has 0 radical (unpaired) electrons. The molecular formula is C22H20N4OS. The zero-order chi connectivity index (χ0) is 19.3. The molecule has 1 amide bonds. The fourth-order valence-corrected chi connectivity index (χ4v) is 3.74. The molecule has 1 aromatic heterocycles. The maximum absolute atomic E-state index is 12.6. The van der Waals surface area contributed by atoms with Crippen LogP contribution in [0.15, 0.2) is 78.2 Å². The van der Waals surface area contributed by atoms with E-state index in [9.17, 15) is 4.79 Å². The first-order valence-electron chi connectivity index (χ1n) is 9.06. The van der Waals surface area contributed by atoms with Crippen LogP contribution in [0.4, 0.5) is 0 Å². The van der Waals surface area contributed by atoms with Gasteiger partial charge < -0.3 is 5.32 Å². The van der Waals surface area contributed by atoms with Gasteiger partial charge in [-0.2, -0.15) is 5.10 Å². The Morgan fingerprint density at radius 1 is 1.07 bits per heavy atom. The summed E-state index contributed by atoms with van der Waals surface area (Å²) in [5, 5.41) is 12.9. The minimum atomic E-state index is -0.0740. The van der Waals surface area contributed by atoms with Gasteiger partial charge in [0.1, 0.15) is 6.33 Å². The van der Waals surface area contributed by atoms with Gasteiger partial charge in [-0.25, -0.2) is 4.98 Å². The lowest BCUT2D eigenvalue weighted by molar-refractivity contribution is 0.0940. The van der Waals surface area contributed by atoms with Crippen LogP contribution in [-0.2, 0) is 5.75 Å². The topological polar surface area (TPSA) is 70.7 Å². The quantitative estimate of drug-likeness (QED) is 0.468. The highest BCUT2D eigenvalue weighted by molar-refractivity contribution is 7.98. The van der Waals surface area contributed by atoms with Crippen LogP contribution in [-0.4, -0.2) is 21.1 Å². The molecule has 0 saturated carbocycles. The molecule has 2 N–H and O–H groups in total. The molecule has 1 heterocycles. The van der Waals surface area contributed by atoms with Gasteiger partial charge in [0.25, 0.3) is 5.91 Å². The minimum absolute atomic E-state index is 0.0706. The van der Waals surface area contributed by atoms with Crippen molar-refractivity contribution in [3.63, 3.8) is 0 Å². The van der Waals surface area contributed by atoms with Gasteiger partial charge >= 0.3 is 0 Å². The van der Waals surface area contributed by atoms with E-state index in [-0.39, 0.29) is 11.9 Å². The molecule has 0 fully saturated rings. The highest BCUT2D eigenvalue weighted by Crippen LogP contribution is 2.21. The van der Waals surface area contributed by atoms with Crippen LogP contribution in [0.5, 0.6) is 0 Å². The highest BCUT2D eigenvalue weighted by Gasteiger charge is 2.12. The number of carbonyl (C=O) groups excluding carboxylic acids is 1. The molecule has 0 spiro atoms. The van der Waals surface area contributed by atoms with E-state index in [0.717, 1.165) is 22.0 Å². The van der Waals surface area contributed by atoms with E-state index in [1.165, 1.54) is 17.1 Å². The summed E-state index contributed by atoms with van der Waals surface area (Å²) >= 11 is 1.57.